The van der Waals surface area contributed by atoms with Crippen LogP contribution in [0.2, 0.25) is 0 Å². The fourth-order valence-electron chi connectivity index (χ4n) is 3.93. The third-order valence-corrected chi connectivity index (χ3v) is 9.36. The van der Waals surface area contributed by atoms with Gasteiger partial charge in [-0.2, -0.15) is 8.42 Å². The summed E-state index contributed by atoms with van der Waals surface area (Å²) in [5, 5.41) is 10.9. The average molecular weight is 552 g/mol. The van der Waals surface area contributed by atoms with Crippen LogP contribution < -0.4 is 9.04 Å². The van der Waals surface area contributed by atoms with Crippen LogP contribution in [0.15, 0.2) is 64.6 Å². The number of thiazole rings is 1. The van der Waals surface area contributed by atoms with Crippen LogP contribution in [0.4, 0.5) is 5.69 Å². The van der Waals surface area contributed by atoms with Crippen molar-refractivity contribution in [2.75, 3.05) is 4.31 Å². The Bertz CT molecular complexity index is 1560. The number of sulfonamides is 1. The van der Waals surface area contributed by atoms with Crippen LogP contribution in [0.1, 0.15) is 50.8 Å². The van der Waals surface area contributed by atoms with Crippen molar-refractivity contribution in [2.24, 2.45) is 0 Å². The third-order valence-electron chi connectivity index (χ3n) is 6.25. The Kier molecular flexibility index (Phi) is 8.13. The van der Waals surface area contributed by atoms with Gasteiger partial charge in [0.15, 0.2) is 0 Å². The van der Waals surface area contributed by atoms with E-state index in [1.165, 1.54) is 16.4 Å². The van der Waals surface area contributed by atoms with Crippen LogP contribution >= 0.6 is 11.3 Å². The summed E-state index contributed by atoms with van der Waals surface area (Å²) >= 11 is 1.08. The Morgan fingerprint density at radius 1 is 1.05 bits per heavy atom. The molecular formula is C28H29N3O5S2. The molecule has 0 spiro atoms. The number of aromatic carboxylic acids is 1. The molecule has 4 rings (SSSR count). The van der Waals surface area contributed by atoms with Crippen LogP contribution in [0.25, 0.3) is 0 Å². The topological polar surface area (TPSA) is 110 Å². The second kappa shape index (κ2) is 11.3. The Balaban J connectivity index is 1.79. The smallest absolute Gasteiger partial charge is 0.335 e. The van der Waals surface area contributed by atoms with Gasteiger partial charge in [0.2, 0.25) is 4.34 Å². The quantitative estimate of drug-likeness (QED) is 0.269. The molecule has 198 valence electrons. The van der Waals surface area contributed by atoms with Crippen LogP contribution in [0.5, 0.6) is 5.75 Å². The SMILES string of the molecule is CCc1ccncc1CN(c1cc(C)c(C)cc1OCc1ccc(C(=O)O)cc1)S(=O)(=O)c1nc(C)cs1. The number of aromatic nitrogens is 2. The lowest BCUT2D eigenvalue weighted by atomic mass is 10.1. The zero-order chi connectivity index (χ0) is 27.4. The number of ether oxygens (including phenoxy) is 1. The average Bonchev–Trinajstić information content (AvgIpc) is 3.35. The molecule has 10 heteroatoms. The van der Waals surface area contributed by atoms with Gasteiger partial charge in [-0.25, -0.2) is 9.78 Å². The summed E-state index contributed by atoms with van der Waals surface area (Å²) in [6.45, 7) is 7.83. The maximum atomic E-state index is 14.0. The van der Waals surface area contributed by atoms with E-state index >= 15 is 0 Å². The summed E-state index contributed by atoms with van der Waals surface area (Å²) in [6.07, 6.45) is 4.12. The van der Waals surface area contributed by atoms with Gasteiger partial charge in [-0.15, -0.1) is 11.3 Å². The molecule has 0 aliphatic heterocycles. The minimum Gasteiger partial charge on any atom is -0.487 e. The van der Waals surface area contributed by atoms with Gasteiger partial charge in [0.05, 0.1) is 17.8 Å². The molecule has 0 aliphatic rings. The fourth-order valence-corrected chi connectivity index (χ4v) is 6.51. The summed E-state index contributed by atoms with van der Waals surface area (Å²) in [7, 11) is -4.04. The van der Waals surface area contributed by atoms with E-state index < -0.39 is 16.0 Å². The number of carbonyl (C=O) groups is 1. The molecule has 0 aliphatic carbocycles. The molecule has 0 radical (unpaired) electrons. The van der Waals surface area contributed by atoms with Crippen molar-refractivity contribution in [3.63, 3.8) is 0 Å². The van der Waals surface area contributed by atoms with Crippen molar-refractivity contribution in [2.45, 2.75) is 51.6 Å². The Morgan fingerprint density at radius 2 is 1.76 bits per heavy atom. The van der Waals surface area contributed by atoms with Gasteiger partial charge >= 0.3 is 5.97 Å². The third kappa shape index (κ3) is 5.87. The van der Waals surface area contributed by atoms with Crippen LogP contribution in [-0.4, -0.2) is 29.5 Å². The first-order chi connectivity index (χ1) is 18.1. The number of benzene rings is 2. The molecule has 8 nitrogen and oxygen atoms in total. The number of carboxylic acid groups (broad SMARTS) is 1. The zero-order valence-corrected chi connectivity index (χ0v) is 23.3. The number of nitrogens with zero attached hydrogens (tertiary/aromatic N) is 3. The number of anilines is 1. The standard InChI is InChI=1S/C28H29N3O5S2/c1-5-22-10-11-29-14-24(22)15-31(38(34,35)28-30-20(4)17-37-28)25-12-18(2)19(3)13-26(25)36-16-21-6-8-23(9-7-21)27(32)33/h6-14,17H,5,15-16H2,1-4H3,(H,32,33). The van der Waals surface area contributed by atoms with Gasteiger partial charge in [0.25, 0.3) is 10.0 Å². The number of pyridine rings is 1. The zero-order valence-electron chi connectivity index (χ0n) is 21.6. The van der Waals surface area contributed by atoms with Crippen molar-refractivity contribution in [1.82, 2.24) is 9.97 Å². The predicted octanol–water partition coefficient (Wildman–Crippen LogP) is 5.70. The molecular weight excluding hydrogens is 522 g/mol. The maximum absolute atomic E-state index is 14.0. The monoisotopic (exact) mass is 551 g/mol. The van der Waals surface area contributed by atoms with Crippen molar-refractivity contribution in [3.05, 3.63) is 99.3 Å². The van der Waals surface area contributed by atoms with Crippen LogP contribution in [-0.2, 0) is 29.6 Å². The van der Waals surface area contributed by atoms with Gasteiger partial charge in [-0.05, 0) is 85.3 Å². The molecule has 0 bridgehead atoms. The molecule has 4 aromatic rings. The van der Waals surface area contributed by atoms with Crippen LogP contribution in [0.3, 0.4) is 0 Å². The summed E-state index contributed by atoms with van der Waals surface area (Å²) < 4.78 is 35.6. The highest BCUT2D eigenvalue weighted by Gasteiger charge is 2.31. The molecule has 0 amide bonds. The fraction of sp³-hybridized carbons (Fsp3) is 0.250. The van der Waals surface area contributed by atoms with E-state index in [-0.39, 0.29) is 23.1 Å². The van der Waals surface area contributed by atoms with Crippen molar-refractivity contribution < 1.29 is 23.1 Å². The van der Waals surface area contributed by atoms with Crippen molar-refractivity contribution in [3.8, 4) is 5.75 Å². The first kappa shape index (κ1) is 27.3. The number of hydrogen-bond donors (Lipinski definition) is 1. The Morgan fingerprint density at radius 3 is 2.39 bits per heavy atom. The first-order valence-corrected chi connectivity index (χ1v) is 14.3. The number of hydrogen-bond acceptors (Lipinski definition) is 7. The van der Waals surface area contributed by atoms with E-state index in [0.29, 0.717) is 17.1 Å². The van der Waals surface area contributed by atoms with E-state index in [2.05, 4.69) is 9.97 Å². The van der Waals surface area contributed by atoms with E-state index in [0.717, 1.165) is 45.6 Å². The van der Waals surface area contributed by atoms with Gasteiger partial charge in [0, 0.05) is 23.5 Å². The second-order valence-electron chi connectivity index (χ2n) is 8.96. The molecule has 38 heavy (non-hydrogen) atoms. The summed E-state index contributed by atoms with van der Waals surface area (Å²) in [4.78, 5) is 19.7. The Labute approximate surface area is 226 Å². The minimum atomic E-state index is -4.04. The highest BCUT2D eigenvalue weighted by molar-refractivity contribution is 7.94. The summed E-state index contributed by atoms with van der Waals surface area (Å²) in [5.41, 5.74) is 5.61. The molecule has 0 saturated carbocycles. The molecule has 1 N–H and O–H groups in total. The molecule has 2 aromatic heterocycles. The molecule has 2 heterocycles. The molecule has 0 saturated heterocycles. The maximum Gasteiger partial charge on any atom is 0.335 e. The normalized spacial score (nSPS) is 11.4. The van der Waals surface area contributed by atoms with Crippen LogP contribution in [0, 0.1) is 20.8 Å². The molecule has 0 atom stereocenters. The molecule has 2 aromatic carbocycles. The molecule has 0 unspecified atom stereocenters. The largest absolute Gasteiger partial charge is 0.487 e. The summed E-state index contributed by atoms with van der Waals surface area (Å²) in [5.74, 6) is -0.608. The highest BCUT2D eigenvalue weighted by atomic mass is 32.2. The highest BCUT2D eigenvalue weighted by Crippen LogP contribution is 2.37. The van der Waals surface area contributed by atoms with Gasteiger partial charge < -0.3 is 9.84 Å². The first-order valence-electron chi connectivity index (χ1n) is 12.0. The lowest BCUT2D eigenvalue weighted by Crippen LogP contribution is -2.31. The van der Waals surface area contributed by atoms with E-state index in [4.69, 9.17) is 9.84 Å². The minimum absolute atomic E-state index is 0.00498. The number of rotatable bonds is 10. The van der Waals surface area contributed by atoms with Crippen molar-refractivity contribution in [1.29, 1.82) is 0 Å². The predicted molar refractivity (Wildman–Crippen MR) is 147 cm³/mol. The van der Waals surface area contributed by atoms with Crippen molar-refractivity contribution >= 4 is 33.0 Å². The Hall–Kier alpha value is -3.76. The second-order valence-corrected chi connectivity index (χ2v) is 11.9. The van der Waals surface area contributed by atoms with Gasteiger partial charge in [0.1, 0.15) is 12.4 Å². The molecule has 0 fully saturated rings. The lowest BCUT2D eigenvalue weighted by Gasteiger charge is -2.27. The van der Waals surface area contributed by atoms with Gasteiger partial charge in [-0.1, -0.05) is 19.1 Å². The van der Waals surface area contributed by atoms with E-state index in [1.54, 1.807) is 36.8 Å². The summed E-state index contributed by atoms with van der Waals surface area (Å²) in [6, 6.07) is 11.9. The number of aryl methyl sites for hydroxylation is 4. The number of carboxylic acids is 1. The van der Waals surface area contributed by atoms with E-state index in [1.807, 2.05) is 39.0 Å². The lowest BCUT2D eigenvalue weighted by molar-refractivity contribution is 0.0697. The van der Waals surface area contributed by atoms with Gasteiger partial charge in [-0.3, -0.25) is 9.29 Å². The van der Waals surface area contributed by atoms with E-state index in [9.17, 15) is 13.2 Å².